The lowest BCUT2D eigenvalue weighted by molar-refractivity contribution is 0.660. The van der Waals surface area contributed by atoms with Crippen molar-refractivity contribution in [3.8, 4) is 66.8 Å². The molecule has 1 nitrogen and oxygen atoms in total. The molecular weight excluding hydrogens is 735 g/mol. The molecule has 0 unspecified atom stereocenters. The van der Waals surface area contributed by atoms with Crippen LogP contribution in [0.4, 0.5) is 17.1 Å². The summed E-state index contributed by atoms with van der Waals surface area (Å²) in [6.45, 7) is 9.50. The van der Waals surface area contributed by atoms with Crippen molar-refractivity contribution in [1.82, 2.24) is 0 Å². The molecule has 0 N–H and O–H groups in total. The number of fused-ring (bicyclic) bond motifs is 6. The van der Waals surface area contributed by atoms with E-state index in [0.29, 0.717) is 0 Å². The third-order valence-electron chi connectivity index (χ3n) is 13.5. The third-order valence-corrected chi connectivity index (χ3v) is 13.5. The highest BCUT2D eigenvalue weighted by Gasteiger charge is 2.38. The van der Waals surface area contributed by atoms with Gasteiger partial charge in [0, 0.05) is 27.8 Å². The molecule has 292 valence electrons. The highest BCUT2D eigenvalue weighted by Crippen LogP contribution is 2.54. The van der Waals surface area contributed by atoms with Gasteiger partial charge >= 0.3 is 0 Å². The van der Waals surface area contributed by atoms with Crippen molar-refractivity contribution in [1.29, 1.82) is 0 Å². The lowest BCUT2D eigenvalue weighted by Crippen LogP contribution is -2.17. The Morgan fingerprint density at radius 3 is 1.51 bits per heavy atom. The summed E-state index contributed by atoms with van der Waals surface area (Å²) in [6, 6.07) is 78.5. The first-order chi connectivity index (χ1) is 29.8. The van der Waals surface area contributed by atoms with Crippen molar-refractivity contribution in [3.05, 3.63) is 235 Å². The van der Waals surface area contributed by atoms with Gasteiger partial charge in [0.15, 0.2) is 0 Å². The third kappa shape index (κ3) is 5.91. The van der Waals surface area contributed by atoms with Gasteiger partial charge in [0.05, 0.1) is 5.69 Å². The van der Waals surface area contributed by atoms with Crippen LogP contribution in [0.2, 0.25) is 0 Å². The molecule has 9 aromatic carbocycles. The summed E-state index contributed by atoms with van der Waals surface area (Å²) in [5.74, 6) is 0. The van der Waals surface area contributed by atoms with Crippen LogP contribution in [-0.2, 0) is 10.8 Å². The van der Waals surface area contributed by atoms with Gasteiger partial charge in [-0.25, -0.2) is 0 Å². The summed E-state index contributed by atoms with van der Waals surface area (Å²) < 4.78 is 0. The second-order valence-electron chi connectivity index (χ2n) is 17.7. The summed E-state index contributed by atoms with van der Waals surface area (Å²) >= 11 is 0. The molecule has 0 aromatic heterocycles. The topological polar surface area (TPSA) is 3.24 Å². The molecule has 0 amide bonds. The van der Waals surface area contributed by atoms with Crippen molar-refractivity contribution in [2.75, 3.05) is 4.90 Å². The maximum atomic E-state index is 2.49. The second-order valence-corrected chi connectivity index (χ2v) is 17.7. The van der Waals surface area contributed by atoms with Gasteiger partial charge in [-0.1, -0.05) is 204 Å². The predicted molar refractivity (Wildman–Crippen MR) is 258 cm³/mol. The standard InChI is InChI=1S/C60H47N/c1-59(2)54-30-14-11-26-49(54)51-36-34-45(39-56(51)59)61(44-24-17-23-42(37-44)48-28-18-29-52-50-27-12-15-31-55(50)60(3,4)58(48)52)57-32-16-13-25-47(57)43-33-35-46(40-19-7-5-8-20-40)53(38-43)41-21-9-6-10-22-41/h5-39H,1-4H3. The van der Waals surface area contributed by atoms with E-state index in [2.05, 4.69) is 245 Å². The molecule has 61 heavy (non-hydrogen) atoms. The fourth-order valence-corrected chi connectivity index (χ4v) is 10.5. The SMILES string of the molecule is CC1(C)c2ccccc2-c2ccc(N(c3cccc(-c4cccc5c4C(C)(C)c4ccccc4-5)c3)c3ccccc3-c3ccc(-c4ccccc4)c(-c4ccccc4)c3)cc21. The van der Waals surface area contributed by atoms with Crippen LogP contribution in [-0.4, -0.2) is 0 Å². The maximum Gasteiger partial charge on any atom is 0.0540 e. The molecule has 0 saturated heterocycles. The van der Waals surface area contributed by atoms with Crippen molar-refractivity contribution in [2.45, 2.75) is 38.5 Å². The van der Waals surface area contributed by atoms with Crippen molar-refractivity contribution in [3.63, 3.8) is 0 Å². The Balaban J connectivity index is 1.12. The molecule has 11 rings (SSSR count). The van der Waals surface area contributed by atoms with Gasteiger partial charge in [-0.15, -0.1) is 0 Å². The number of hydrogen-bond acceptors (Lipinski definition) is 1. The van der Waals surface area contributed by atoms with E-state index in [4.69, 9.17) is 0 Å². The van der Waals surface area contributed by atoms with Crippen molar-refractivity contribution in [2.24, 2.45) is 0 Å². The number of nitrogens with zero attached hydrogens (tertiary/aromatic N) is 1. The van der Waals surface area contributed by atoms with Crippen molar-refractivity contribution >= 4 is 17.1 Å². The highest BCUT2D eigenvalue weighted by atomic mass is 15.1. The number of rotatable bonds is 7. The Bertz CT molecular complexity index is 3130. The number of para-hydroxylation sites is 1. The van der Waals surface area contributed by atoms with Crippen molar-refractivity contribution < 1.29 is 0 Å². The molecule has 0 radical (unpaired) electrons. The minimum Gasteiger partial charge on any atom is -0.310 e. The zero-order valence-corrected chi connectivity index (χ0v) is 35.2. The quantitative estimate of drug-likeness (QED) is 0.156. The average molecular weight is 782 g/mol. The summed E-state index contributed by atoms with van der Waals surface area (Å²) in [6.07, 6.45) is 0. The Morgan fingerprint density at radius 1 is 0.279 bits per heavy atom. The summed E-state index contributed by atoms with van der Waals surface area (Å²) in [7, 11) is 0. The zero-order chi connectivity index (χ0) is 41.3. The lowest BCUT2D eigenvalue weighted by atomic mass is 9.79. The van der Waals surface area contributed by atoms with Gasteiger partial charge in [0.2, 0.25) is 0 Å². The zero-order valence-electron chi connectivity index (χ0n) is 35.2. The number of benzene rings is 9. The molecule has 0 bridgehead atoms. The van der Waals surface area contributed by atoms with E-state index in [1.807, 2.05) is 0 Å². The molecule has 9 aromatic rings. The Morgan fingerprint density at radius 2 is 0.770 bits per heavy atom. The molecule has 0 saturated carbocycles. The predicted octanol–water partition coefficient (Wildman–Crippen LogP) is 16.4. The minimum absolute atomic E-state index is 0.131. The van der Waals surface area contributed by atoms with Gasteiger partial charge in [0.25, 0.3) is 0 Å². The molecule has 2 aliphatic carbocycles. The van der Waals surface area contributed by atoms with E-state index in [9.17, 15) is 0 Å². The fourth-order valence-electron chi connectivity index (χ4n) is 10.5. The van der Waals surface area contributed by atoms with E-state index in [1.165, 1.54) is 89.0 Å². The smallest absolute Gasteiger partial charge is 0.0540 e. The van der Waals surface area contributed by atoms with E-state index in [1.54, 1.807) is 0 Å². The van der Waals surface area contributed by atoms with Crippen LogP contribution in [0.1, 0.15) is 49.9 Å². The Labute approximate surface area is 360 Å². The largest absolute Gasteiger partial charge is 0.310 e. The first-order valence-electron chi connectivity index (χ1n) is 21.5. The monoisotopic (exact) mass is 781 g/mol. The van der Waals surface area contributed by atoms with Crippen LogP contribution in [0.15, 0.2) is 212 Å². The number of hydrogen-bond donors (Lipinski definition) is 0. The molecule has 2 aliphatic rings. The molecule has 0 heterocycles. The van der Waals surface area contributed by atoms with E-state index >= 15 is 0 Å². The summed E-state index contributed by atoms with van der Waals surface area (Å²) in [4.78, 5) is 2.49. The normalized spacial score (nSPS) is 13.8. The molecule has 0 aliphatic heterocycles. The van der Waals surface area contributed by atoms with Crippen LogP contribution in [0.5, 0.6) is 0 Å². The first-order valence-corrected chi connectivity index (χ1v) is 21.5. The second kappa shape index (κ2) is 14.2. The van der Waals surface area contributed by atoms with Crippen LogP contribution in [0.25, 0.3) is 66.8 Å². The maximum absolute atomic E-state index is 2.49. The lowest BCUT2D eigenvalue weighted by Gasteiger charge is -2.30. The van der Waals surface area contributed by atoms with Gasteiger partial charge in [-0.2, -0.15) is 0 Å². The van der Waals surface area contributed by atoms with Crippen LogP contribution in [0, 0.1) is 0 Å². The van der Waals surface area contributed by atoms with Gasteiger partial charge in [-0.05, 0) is 120 Å². The average Bonchev–Trinajstić information content (AvgIpc) is 3.69. The molecule has 0 atom stereocenters. The summed E-state index contributed by atoms with van der Waals surface area (Å²) in [5.41, 5.74) is 23.6. The number of anilines is 3. The van der Waals surface area contributed by atoms with E-state index in [0.717, 1.165) is 17.1 Å². The van der Waals surface area contributed by atoms with Crippen LogP contribution in [0.3, 0.4) is 0 Å². The molecule has 0 fully saturated rings. The van der Waals surface area contributed by atoms with Gasteiger partial charge in [0.1, 0.15) is 0 Å². The van der Waals surface area contributed by atoms with E-state index < -0.39 is 0 Å². The fraction of sp³-hybridized carbons (Fsp3) is 0.100. The first kappa shape index (κ1) is 36.8. The molecular formula is C60H47N. The van der Waals surface area contributed by atoms with Crippen LogP contribution < -0.4 is 4.90 Å². The minimum atomic E-state index is -0.141. The van der Waals surface area contributed by atoms with Gasteiger partial charge in [-0.3, -0.25) is 0 Å². The Hall–Kier alpha value is -7.22. The Kier molecular flexibility index (Phi) is 8.58. The summed E-state index contributed by atoms with van der Waals surface area (Å²) in [5, 5.41) is 0. The van der Waals surface area contributed by atoms with E-state index in [-0.39, 0.29) is 10.8 Å². The highest BCUT2D eigenvalue weighted by molar-refractivity contribution is 5.95. The van der Waals surface area contributed by atoms with Crippen LogP contribution >= 0.6 is 0 Å². The molecule has 0 spiro atoms. The van der Waals surface area contributed by atoms with Gasteiger partial charge < -0.3 is 4.90 Å². The molecule has 1 heteroatoms.